The fourth-order valence-electron chi connectivity index (χ4n) is 3.61. The summed E-state index contributed by atoms with van der Waals surface area (Å²) in [6, 6.07) is 12.2. The molecule has 0 amide bonds. The molecule has 0 fully saturated rings. The van der Waals surface area contributed by atoms with E-state index in [-0.39, 0.29) is 0 Å². The summed E-state index contributed by atoms with van der Waals surface area (Å²) in [5.41, 5.74) is 6.66. The number of aryl methyl sites for hydroxylation is 1. The number of fused-ring (bicyclic) bond motifs is 1. The van der Waals surface area contributed by atoms with Gasteiger partial charge in [-0.2, -0.15) is 5.10 Å². The van der Waals surface area contributed by atoms with Crippen LogP contribution in [0.5, 0.6) is 17.2 Å². The molecule has 30 heavy (non-hydrogen) atoms. The standard InChI is InChI=1S/C23H24N4O3/c1-13-6-7-16(18(8-13)24-2)15-9-17-21(26-27-23(17)25-12-15)14-10-19(28-3)22(30-5)20(11-14)29-4/h6-12,24H,1-5H3,(H,25,26,27). The molecule has 0 atom stereocenters. The summed E-state index contributed by atoms with van der Waals surface area (Å²) in [6.45, 7) is 2.07. The first-order valence-corrected chi connectivity index (χ1v) is 9.52. The molecule has 2 aromatic carbocycles. The number of pyridine rings is 1. The lowest BCUT2D eigenvalue weighted by Crippen LogP contribution is -1.96. The van der Waals surface area contributed by atoms with Gasteiger partial charge in [0.05, 0.1) is 27.0 Å². The van der Waals surface area contributed by atoms with Crippen LogP contribution in [0.25, 0.3) is 33.4 Å². The summed E-state index contributed by atoms with van der Waals surface area (Å²) >= 11 is 0. The minimum absolute atomic E-state index is 0.546. The Morgan fingerprint density at radius 2 is 1.63 bits per heavy atom. The third kappa shape index (κ3) is 3.28. The second kappa shape index (κ2) is 7.94. The second-order valence-electron chi connectivity index (χ2n) is 6.91. The van der Waals surface area contributed by atoms with E-state index in [2.05, 4.69) is 51.7 Å². The molecular weight excluding hydrogens is 380 g/mol. The minimum Gasteiger partial charge on any atom is -0.493 e. The van der Waals surface area contributed by atoms with Gasteiger partial charge >= 0.3 is 0 Å². The first-order valence-electron chi connectivity index (χ1n) is 9.52. The Kier molecular flexibility index (Phi) is 5.18. The number of nitrogens with zero attached hydrogens (tertiary/aromatic N) is 2. The summed E-state index contributed by atoms with van der Waals surface area (Å²) in [7, 11) is 6.71. The molecule has 0 bridgehead atoms. The van der Waals surface area contributed by atoms with Gasteiger partial charge in [0, 0.05) is 41.0 Å². The number of hydrogen-bond donors (Lipinski definition) is 2. The van der Waals surface area contributed by atoms with Gasteiger partial charge in [-0.15, -0.1) is 0 Å². The zero-order valence-electron chi connectivity index (χ0n) is 17.7. The van der Waals surface area contributed by atoms with E-state index in [9.17, 15) is 0 Å². The van der Waals surface area contributed by atoms with Gasteiger partial charge in [0.15, 0.2) is 17.1 Å². The van der Waals surface area contributed by atoms with Crippen molar-refractivity contribution in [3.05, 3.63) is 48.2 Å². The lowest BCUT2D eigenvalue weighted by Gasteiger charge is -2.14. The first-order chi connectivity index (χ1) is 14.6. The van der Waals surface area contributed by atoms with Crippen LogP contribution in [0, 0.1) is 6.92 Å². The number of methoxy groups -OCH3 is 3. The van der Waals surface area contributed by atoms with E-state index >= 15 is 0 Å². The molecule has 0 aliphatic carbocycles. The molecule has 4 aromatic rings. The quantitative estimate of drug-likeness (QED) is 0.486. The van der Waals surface area contributed by atoms with Gasteiger partial charge < -0.3 is 19.5 Å². The van der Waals surface area contributed by atoms with E-state index in [0.29, 0.717) is 22.9 Å². The molecule has 2 N–H and O–H groups in total. The molecule has 154 valence electrons. The molecule has 4 rings (SSSR count). The average molecular weight is 404 g/mol. The Morgan fingerprint density at radius 3 is 2.27 bits per heavy atom. The number of hydrogen-bond acceptors (Lipinski definition) is 6. The molecule has 7 nitrogen and oxygen atoms in total. The van der Waals surface area contributed by atoms with Crippen molar-refractivity contribution >= 4 is 16.7 Å². The highest BCUT2D eigenvalue weighted by Gasteiger charge is 2.18. The van der Waals surface area contributed by atoms with E-state index < -0.39 is 0 Å². The number of benzene rings is 2. The lowest BCUT2D eigenvalue weighted by atomic mass is 10.0. The fraction of sp³-hybridized carbons (Fsp3) is 0.217. The highest BCUT2D eigenvalue weighted by atomic mass is 16.5. The van der Waals surface area contributed by atoms with E-state index in [1.54, 1.807) is 21.3 Å². The van der Waals surface area contributed by atoms with Crippen molar-refractivity contribution in [1.29, 1.82) is 0 Å². The number of nitrogens with one attached hydrogen (secondary N) is 2. The molecule has 0 aliphatic heterocycles. The minimum atomic E-state index is 0.546. The van der Waals surface area contributed by atoms with Crippen LogP contribution in [0.2, 0.25) is 0 Å². The van der Waals surface area contributed by atoms with Crippen LogP contribution in [0.3, 0.4) is 0 Å². The van der Waals surface area contributed by atoms with Crippen LogP contribution in [-0.2, 0) is 0 Å². The van der Waals surface area contributed by atoms with Crippen molar-refractivity contribution in [3.8, 4) is 39.6 Å². The predicted octanol–water partition coefficient (Wildman–Crippen LogP) is 4.67. The third-order valence-electron chi connectivity index (χ3n) is 5.12. The Labute approximate surface area is 175 Å². The Bertz CT molecular complexity index is 1190. The van der Waals surface area contributed by atoms with Gasteiger partial charge in [-0.1, -0.05) is 12.1 Å². The second-order valence-corrected chi connectivity index (χ2v) is 6.91. The van der Waals surface area contributed by atoms with Crippen molar-refractivity contribution < 1.29 is 14.2 Å². The lowest BCUT2D eigenvalue weighted by molar-refractivity contribution is 0.324. The summed E-state index contributed by atoms with van der Waals surface area (Å²) in [6.07, 6.45) is 1.84. The van der Waals surface area contributed by atoms with Crippen molar-refractivity contribution in [2.75, 3.05) is 33.7 Å². The molecule has 0 saturated heterocycles. The zero-order valence-corrected chi connectivity index (χ0v) is 17.7. The molecule has 0 saturated carbocycles. The third-order valence-corrected chi connectivity index (χ3v) is 5.12. The molecule has 0 unspecified atom stereocenters. The van der Waals surface area contributed by atoms with Gasteiger partial charge in [0.25, 0.3) is 0 Å². The number of aromatic nitrogens is 3. The average Bonchev–Trinajstić information content (AvgIpc) is 3.21. The molecule has 2 heterocycles. The van der Waals surface area contributed by atoms with E-state index in [0.717, 1.165) is 33.5 Å². The zero-order chi connectivity index (χ0) is 21.3. The van der Waals surface area contributed by atoms with Crippen molar-refractivity contribution in [2.45, 2.75) is 6.92 Å². The molecule has 0 aliphatic rings. The molecular formula is C23H24N4O3. The van der Waals surface area contributed by atoms with Crippen molar-refractivity contribution in [3.63, 3.8) is 0 Å². The van der Waals surface area contributed by atoms with Gasteiger partial charge in [-0.25, -0.2) is 4.98 Å². The maximum Gasteiger partial charge on any atom is 0.203 e. The maximum atomic E-state index is 5.50. The SMILES string of the molecule is CNc1cc(C)ccc1-c1cnc2n[nH]c(-c3cc(OC)c(OC)c(OC)c3)c2c1. The Hall–Kier alpha value is -3.74. The Balaban J connectivity index is 1.89. The van der Waals surface area contributed by atoms with Crippen LogP contribution in [0.4, 0.5) is 5.69 Å². The first kappa shape index (κ1) is 19.6. The molecule has 2 aromatic heterocycles. The summed E-state index contributed by atoms with van der Waals surface area (Å²) in [5.74, 6) is 1.70. The monoisotopic (exact) mass is 404 g/mol. The van der Waals surface area contributed by atoms with Crippen molar-refractivity contribution in [1.82, 2.24) is 15.2 Å². The van der Waals surface area contributed by atoms with E-state index in [1.807, 2.05) is 25.4 Å². The summed E-state index contributed by atoms with van der Waals surface area (Å²) in [4.78, 5) is 4.56. The van der Waals surface area contributed by atoms with Crippen molar-refractivity contribution in [2.24, 2.45) is 0 Å². The number of ether oxygens (including phenoxy) is 3. The highest BCUT2D eigenvalue weighted by Crippen LogP contribution is 2.42. The number of aromatic amines is 1. The van der Waals surface area contributed by atoms with Crippen LogP contribution < -0.4 is 19.5 Å². The molecule has 0 radical (unpaired) electrons. The summed E-state index contributed by atoms with van der Waals surface area (Å²) in [5, 5.41) is 11.7. The Morgan fingerprint density at radius 1 is 0.900 bits per heavy atom. The summed E-state index contributed by atoms with van der Waals surface area (Å²) < 4.78 is 16.4. The van der Waals surface area contributed by atoms with E-state index in [1.165, 1.54) is 5.56 Å². The molecule has 7 heteroatoms. The smallest absolute Gasteiger partial charge is 0.203 e. The highest BCUT2D eigenvalue weighted by molar-refractivity contribution is 5.95. The number of H-pyrrole nitrogens is 1. The van der Waals surface area contributed by atoms with Gasteiger partial charge in [-0.3, -0.25) is 5.10 Å². The number of rotatable bonds is 6. The van der Waals surface area contributed by atoms with E-state index in [4.69, 9.17) is 14.2 Å². The topological polar surface area (TPSA) is 81.3 Å². The fourth-order valence-corrected chi connectivity index (χ4v) is 3.61. The van der Waals surface area contributed by atoms with Crippen LogP contribution >= 0.6 is 0 Å². The van der Waals surface area contributed by atoms with Gasteiger partial charge in [0.2, 0.25) is 5.75 Å². The number of anilines is 1. The van der Waals surface area contributed by atoms with Crippen LogP contribution in [-0.4, -0.2) is 43.6 Å². The molecule has 0 spiro atoms. The van der Waals surface area contributed by atoms with Crippen LogP contribution in [0.1, 0.15) is 5.56 Å². The predicted molar refractivity (Wildman–Crippen MR) is 119 cm³/mol. The van der Waals surface area contributed by atoms with Gasteiger partial charge in [0.1, 0.15) is 0 Å². The van der Waals surface area contributed by atoms with Crippen LogP contribution in [0.15, 0.2) is 42.6 Å². The largest absolute Gasteiger partial charge is 0.493 e. The van der Waals surface area contributed by atoms with Gasteiger partial charge in [-0.05, 0) is 36.8 Å². The normalized spacial score (nSPS) is 10.8. The maximum absolute atomic E-state index is 5.50.